The van der Waals surface area contributed by atoms with E-state index in [4.69, 9.17) is 5.73 Å². The maximum atomic E-state index is 11.5. The molecule has 0 bridgehead atoms. The van der Waals surface area contributed by atoms with Crippen LogP contribution in [0.25, 0.3) is 0 Å². The lowest BCUT2D eigenvalue weighted by Crippen LogP contribution is -2.13. The number of methoxy groups -OCH3 is 1. The van der Waals surface area contributed by atoms with Crippen LogP contribution in [-0.4, -0.2) is 22.6 Å². The summed E-state index contributed by atoms with van der Waals surface area (Å²) >= 11 is 0. The molecular weight excluding hydrogens is 242 g/mol. The van der Waals surface area contributed by atoms with E-state index in [1.165, 1.54) is 7.11 Å². The van der Waals surface area contributed by atoms with Crippen molar-refractivity contribution < 1.29 is 9.53 Å². The van der Waals surface area contributed by atoms with Crippen molar-refractivity contribution in [2.75, 3.05) is 12.8 Å². The fourth-order valence-corrected chi connectivity index (χ4v) is 2.14. The van der Waals surface area contributed by atoms with Gasteiger partial charge in [0.2, 0.25) is 0 Å². The van der Waals surface area contributed by atoms with Crippen molar-refractivity contribution in [3.05, 3.63) is 47.9 Å². The van der Waals surface area contributed by atoms with Crippen LogP contribution in [0.4, 0.5) is 5.82 Å². The largest absolute Gasteiger partial charge is 0.464 e. The highest BCUT2D eigenvalue weighted by atomic mass is 16.5. The molecule has 0 amide bonds. The van der Waals surface area contributed by atoms with Crippen molar-refractivity contribution in [1.29, 1.82) is 0 Å². The number of imidazole rings is 1. The molecule has 0 fully saturated rings. The van der Waals surface area contributed by atoms with E-state index in [0.717, 1.165) is 12.0 Å². The number of benzene rings is 1. The molecule has 2 rings (SSSR count). The maximum Gasteiger partial charge on any atom is 0.360 e. The number of hydrogen-bond donors (Lipinski definition) is 1. The normalized spacial score (nSPS) is 12.1. The zero-order chi connectivity index (χ0) is 13.8. The quantitative estimate of drug-likeness (QED) is 0.855. The fraction of sp³-hybridized carbons (Fsp3) is 0.286. The Kier molecular flexibility index (Phi) is 3.85. The maximum absolute atomic E-state index is 11.5. The van der Waals surface area contributed by atoms with E-state index in [0.29, 0.717) is 5.82 Å². The Bertz CT molecular complexity index is 563. The number of carbonyl (C=O) groups excluding carboxylic acids is 1. The molecule has 1 unspecified atom stereocenters. The molecule has 0 spiro atoms. The average Bonchev–Trinajstić information content (AvgIpc) is 2.82. The molecule has 2 N–H and O–H groups in total. The molecule has 0 saturated carbocycles. The van der Waals surface area contributed by atoms with Crippen LogP contribution < -0.4 is 5.73 Å². The predicted octanol–water partition coefficient (Wildman–Crippen LogP) is 2.25. The Morgan fingerprint density at radius 3 is 2.68 bits per heavy atom. The van der Waals surface area contributed by atoms with Crippen LogP contribution in [0.15, 0.2) is 36.7 Å². The number of rotatable bonds is 4. The van der Waals surface area contributed by atoms with Gasteiger partial charge in [-0.15, -0.1) is 0 Å². The lowest BCUT2D eigenvalue weighted by atomic mass is 10.0. The Morgan fingerprint density at radius 2 is 2.11 bits per heavy atom. The van der Waals surface area contributed by atoms with Crippen molar-refractivity contribution in [2.24, 2.45) is 0 Å². The van der Waals surface area contributed by atoms with Crippen LogP contribution in [0, 0.1) is 0 Å². The SMILES string of the molecule is CCC(c1ccccc1)n1cnc(C(=O)OC)c1N. The van der Waals surface area contributed by atoms with E-state index < -0.39 is 5.97 Å². The van der Waals surface area contributed by atoms with E-state index in [1.54, 1.807) is 6.33 Å². The zero-order valence-corrected chi connectivity index (χ0v) is 11.0. The van der Waals surface area contributed by atoms with Crippen LogP contribution in [0.3, 0.4) is 0 Å². The molecule has 1 atom stereocenters. The van der Waals surface area contributed by atoms with E-state index in [9.17, 15) is 4.79 Å². The summed E-state index contributed by atoms with van der Waals surface area (Å²) in [4.78, 5) is 15.6. The molecular formula is C14H17N3O2. The highest BCUT2D eigenvalue weighted by molar-refractivity contribution is 5.92. The number of esters is 1. The number of aromatic nitrogens is 2. The van der Waals surface area contributed by atoms with Crippen molar-refractivity contribution in [3.63, 3.8) is 0 Å². The Labute approximate surface area is 112 Å². The van der Waals surface area contributed by atoms with Gasteiger partial charge in [0.15, 0.2) is 5.69 Å². The highest BCUT2D eigenvalue weighted by Gasteiger charge is 2.20. The number of anilines is 1. The summed E-state index contributed by atoms with van der Waals surface area (Å²) in [6.45, 7) is 2.06. The van der Waals surface area contributed by atoms with Gasteiger partial charge in [-0.2, -0.15) is 0 Å². The number of nitrogens with two attached hydrogens (primary N) is 1. The molecule has 19 heavy (non-hydrogen) atoms. The standard InChI is InChI=1S/C14H17N3O2/c1-3-11(10-7-5-4-6-8-10)17-9-16-12(13(17)15)14(18)19-2/h4-9,11H,3,15H2,1-2H3. The molecule has 1 aromatic carbocycles. The van der Waals surface area contributed by atoms with Gasteiger partial charge in [-0.25, -0.2) is 9.78 Å². The van der Waals surface area contributed by atoms with Crippen molar-refractivity contribution in [3.8, 4) is 0 Å². The average molecular weight is 259 g/mol. The van der Waals surface area contributed by atoms with Gasteiger partial charge in [-0.3, -0.25) is 0 Å². The molecule has 0 radical (unpaired) electrons. The summed E-state index contributed by atoms with van der Waals surface area (Å²) < 4.78 is 6.46. The third-order valence-electron chi connectivity index (χ3n) is 3.12. The molecule has 5 nitrogen and oxygen atoms in total. The summed E-state index contributed by atoms with van der Waals surface area (Å²) in [5.74, 6) is -0.179. The van der Waals surface area contributed by atoms with Crippen molar-refractivity contribution >= 4 is 11.8 Å². The van der Waals surface area contributed by atoms with E-state index in [1.807, 2.05) is 34.9 Å². The minimum atomic E-state index is -0.515. The number of nitrogen functional groups attached to an aromatic ring is 1. The fourth-order valence-electron chi connectivity index (χ4n) is 2.14. The molecule has 0 aliphatic carbocycles. The van der Waals surface area contributed by atoms with Gasteiger partial charge in [-0.05, 0) is 12.0 Å². The second-order valence-electron chi connectivity index (χ2n) is 4.21. The topological polar surface area (TPSA) is 70.1 Å². The molecule has 2 aromatic rings. The van der Waals surface area contributed by atoms with Crippen molar-refractivity contribution in [2.45, 2.75) is 19.4 Å². The predicted molar refractivity (Wildman–Crippen MR) is 72.9 cm³/mol. The van der Waals surface area contributed by atoms with Crippen LogP contribution in [0.2, 0.25) is 0 Å². The summed E-state index contributed by atoms with van der Waals surface area (Å²) in [6.07, 6.45) is 2.44. The second-order valence-corrected chi connectivity index (χ2v) is 4.21. The zero-order valence-electron chi connectivity index (χ0n) is 11.0. The number of nitrogens with zero attached hydrogens (tertiary/aromatic N) is 2. The third-order valence-corrected chi connectivity index (χ3v) is 3.12. The third kappa shape index (κ3) is 2.45. The van der Waals surface area contributed by atoms with Crippen LogP contribution in [-0.2, 0) is 4.74 Å². The Balaban J connectivity index is 2.40. The minimum Gasteiger partial charge on any atom is -0.464 e. The lowest BCUT2D eigenvalue weighted by molar-refractivity contribution is 0.0596. The highest BCUT2D eigenvalue weighted by Crippen LogP contribution is 2.26. The summed E-state index contributed by atoms with van der Waals surface area (Å²) in [5.41, 5.74) is 7.29. The Morgan fingerprint density at radius 1 is 1.42 bits per heavy atom. The first-order valence-corrected chi connectivity index (χ1v) is 6.14. The van der Waals surface area contributed by atoms with Gasteiger partial charge in [0.05, 0.1) is 19.5 Å². The van der Waals surface area contributed by atoms with Gasteiger partial charge in [0, 0.05) is 0 Å². The monoisotopic (exact) mass is 259 g/mol. The first-order chi connectivity index (χ1) is 9.19. The molecule has 0 saturated heterocycles. The van der Waals surface area contributed by atoms with E-state index in [-0.39, 0.29) is 11.7 Å². The molecule has 1 aromatic heterocycles. The van der Waals surface area contributed by atoms with Gasteiger partial charge >= 0.3 is 5.97 Å². The van der Waals surface area contributed by atoms with Gasteiger partial charge < -0.3 is 15.0 Å². The molecule has 100 valence electrons. The minimum absolute atomic E-state index is 0.0621. The number of carbonyl (C=O) groups is 1. The summed E-state index contributed by atoms with van der Waals surface area (Å²) in [5, 5.41) is 0. The van der Waals surface area contributed by atoms with E-state index >= 15 is 0 Å². The van der Waals surface area contributed by atoms with Gasteiger partial charge in [0.1, 0.15) is 5.82 Å². The number of hydrogen-bond acceptors (Lipinski definition) is 4. The van der Waals surface area contributed by atoms with Crippen LogP contribution in [0.1, 0.15) is 35.4 Å². The molecule has 1 heterocycles. The van der Waals surface area contributed by atoms with Gasteiger partial charge in [0.25, 0.3) is 0 Å². The summed E-state index contributed by atoms with van der Waals surface area (Å²) in [6, 6.07) is 10.1. The second kappa shape index (κ2) is 5.56. The molecule has 0 aliphatic rings. The smallest absolute Gasteiger partial charge is 0.360 e. The first kappa shape index (κ1) is 13.1. The van der Waals surface area contributed by atoms with E-state index in [2.05, 4.69) is 16.6 Å². The number of ether oxygens (including phenoxy) is 1. The lowest BCUT2D eigenvalue weighted by Gasteiger charge is -2.18. The van der Waals surface area contributed by atoms with Gasteiger partial charge in [-0.1, -0.05) is 37.3 Å². The van der Waals surface area contributed by atoms with Crippen LogP contribution in [0.5, 0.6) is 0 Å². The first-order valence-electron chi connectivity index (χ1n) is 6.14. The van der Waals surface area contributed by atoms with Crippen molar-refractivity contribution in [1.82, 2.24) is 9.55 Å². The Hall–Kier alpha value is -2.30. The summed E-state index contributed by atoms with van der Waals surface area (Å²) in [7, 11) is 1.31. The molecule has 5 heteroatoms. The van der Waals surface area contributed by atoms with Crippen LogP contribution >= 0.6 is 0 Å². The molecule has 0 aliphatic heterocycles.